The summed E-state index contributed by atoms with van der Waals surface area (Å²) in [5.74, 6) is 1.00. The van der Waals surface area contributed by atoms with Gasteiger partial charge < -0.3 is 15.4 Å². The van der Waals surface area contributed by atoms with Crippen LogP contribution in [-0.2, 0) is 11.3 Å². The predicted molar refractivity (Wildman–Crippen MR) is 84.2 cm³/mol. The summed E-state index contributed by atoms with van der Waals surface area (Å²) < 4.78 is 5.38. The van der Waals surface area contributed by atoms with Gasteiger partial charge in [-0.3, -0.25) is 4.79 Å². The van der Waals surface area contributed by atoms with Crippen LogP contribution >= 0.6 is 0 Å². The highest BCUT2D eigenvalue weighted by atomic mass is 16.5. The fraction of sp³-hybridized carbons (Fsp3) is 0.588. The molecule has 0 aromatic heterocycles. The number of carbonyl (C=O) groups excluding carboxylic acids is 1. The summed E-state index contributed by atoms with van der Waals surface area (Å²) in [4.78, 5) is 14.2. The Morgan fingerprint density at radius 2 is 2.14 bits per heavy atom. The third kappa shape index (κ3) is 3.56. The molecule has 4 nitrogen and oxygen atoms in total. The molecular weight excluding hydrogens is 264 g/mol. The minimum Gasteiger partial charge on any atom is -0.496 e. The number of carbonyl (C=O) groups is 1. The van der Waals surface area contributed by atoms with Gasteiger partial charge in [0.25, 0.3) is 0 Å². The Balaban J connectivity index is 2.02. The number of hydrogen-bond acceptors (Lipinski definition) is 3. The van der Waals surface area contributed by atoms with E-state index >= 15 is 0 Å². The standard InChI is InChI=1S/C17H26N2O2/c1-13-5-6-15(21-3)14(9-13)11-19(2)16(20)10-17(12-18)7-4-8-17/h5-6,9H,4,7-8,10-12,18H2,1-3H3. The van der Waals surface area contributed by atoms with Crippen molar-refractivity contribution in [1.82, 2.24) is 4.90 Å². The summed E-state index contributed by atoms with van der Waals surface area (Å²) in [6, 6.07) is 6.04. The van der Waals surface area contributed by atoms with Gasteiger partial charge in [-0.1, -0.05) is 24.1 Å². The van der Waals surface area contributed by atoms with E-state index in [1.54, 1.807) is 12.0 Å². The quantitative estimate of drug-likeness (QED) is 0.875. The average molecular weight is 290 g/mol. The van der Waals surface area contributed by atoms with Crippen LogP contribution in [0.15, 0.2) is 18.2 Å². The van der Waals surface area contributed by atoms with Crippen LogP contribution in [0.25, 0.3) is 0 Å². The molecule has 0 atom stereocenters. The highest BCUT2D eigenvalue weighted by molar-refractivity contribution is 5.77. The first-order valence-corrected chi connectivity index (χ1v) is 7.57. The molecule has 0 spiro atoms. The van der Waals surface area contributed by atoms with Gasteiger partial charge in [-0.05, 0) is 37.8 Å². The second-order valence-corrected chi connectivity index (χ2v) is 6.30. The number of nitrogens with two attached hydrogens (primary N) is 1. The Morgan fingerprint density at radius 3 is 2.67 bits per heavy atom. The molecule has 0 heterocycles. The molecule has 0 saturated heterocycles. The lowest BCUT2D eigenvalue weighted by atomic mass is 9.66. The zero-order chi connectivity index (χ0) is 15.5. The molecule has 1 aliphatic carbocycles. The molecule has 0 radical (unpaired) electrons. The van der Waals surface area contributed by atoms with E-state index in [1.165, 1.54) is 12.0 Å². The number of benzene rings is 1. The van der Waals surface area contributed by atoms with Crippen LogP contribution in [0, 0.1) is 12.3 Å². The molecule has 0 aliphatic heterocycles. The third-order valence-electron chi connectivity index (χ3n) is 4.64. The molecule has 0 bridgehead atoms. The zero-order valence-corrected chi connectivity index (χ0v) is 13.3. The van der Waals surface area contributed by atoms with Gasteiger partial charge in [0.05, 0.1) is 7.11 Å². The highest BCUT2D eigenvalue weighted by Gasteiger charge is 2.38. The molecule has 1 saturated carbocycles. The smallest absolute Gasteiger partial charge is 0.223 e. The monoisotopic (exact) mass is 290 g/mol. The number of hydrogen-bond donors (Lipinski definition) is 1. The van der Waals surface area contributed by atoms with E-state index in [0.29, 0.717) is 19.5 Å². The van der Waals surface area contributed by atoms with E-state index in [-0.39, 0.29) is 11.3 Å². The average Bonchev–Trinajstić information content (AvgIpc) is 2.43. The van der Waals surface area contributed by atoms with Gasteiger partial charge in [-0.2, -0.15) is 0 Å². The Morgan fingerprint density at radius 1 is 1.43 bits per heavy atom. The molecule has 116 valence electrons. The summed E-state index contributed by atoms with van der Waals surface area (Å²) >= 11 is 0. The number of aryl methyl sites for hydroxylation is 1. The number of rotatable bonds is 6. The summed E-state index contributed by atoms with van der Waals surface area (Å²) in [5.41, 5.74) is 8.12. The van der Waals surface area contributed by atoms with Crippen LogP contribution < -0.4 is 10.5 Å². The Hall–Kier alpha value is -1.55. The van der Waals surface area contributed by atoms with Crippen LogP contribution in [0.3, 0.4) is 0 Å². The van der Waals surface area contributed by atoms with Crippen LogP contribution in [0.2, 0.25) is 0 Å². The lowest BCUT2D eigenvalue weighted by Crippen LogP contribution is -2.42. The van der Waals surface area contributed by atoms with Crippen LogP contribution in [-0.4, -0.2) is 31.5 Å². The van der Waals surface area contributed by atoms with Gasteiger partial charge in [-0.25, -0.2) is 0 Å². The van der Waals surface area contributed by atoms with Crippen molar-refractivity contribution >= 4 is 5.91 Å². The third-order valence-corrected chi connectivity index (χ3v) is 4.64. The molecule has 1 aromatic rings. The summed E-state index contributed by atoms with van der Waals surface area (Å²) in [6.45, 7) is 3.23. The number of methoxy groups -OCH3 is 1. The second-order valence-electron chi connectivity index (χ2n) is 6.30. The molecule has 1 fully saturated rings. The molecule has 21 heavy (non-hydrogen) atoms. The van der Waals surface area contributed by atoms with Crippen molar-refractivity contribution in [2.75, 3.05) is 20.7 Å². The zero-order valence-electron chi connectivity index (χ0n) is 13.3. The van der Waals surface area contributed by atoms with Gasteiger partial charge in [0.15, 0.2) is 0 Å². The van der Waals surface area contributed by atoms with Crippen molar-refractivity contribution < 1.29 is 9.53 Å². The molecular formula is C17H26N2O2. The highest BCUT2D eigenvalue weighted by Crippen LogP contribution is 2.43. The normalized spacial score (nSPS) is 16.2. The molecule has 2 N–H and O–H groups in total. The van der Waals surface area contributed by atoms with Gasteiger partial charge in [0, 0.05) is 25.6 Å². The minimum atomic E-state index is 0.0576. The van der Waals surface area contributed by atoms with Crippen LogP contribution in [0.5, 0.6) is 5.75 Å². The molecule has 1 aromatic carbocycles. The van der Waals surface area contributed by atoms with Gasteiger partial charge in [-0.15, -0.1) is 0 Å². The van der Waals surface area contributed by atoms with Crippen molar-refractivity contribution in [2.24, 2.45) is 11.1 Å². The largest absolute Gasteiger partial charge is 0.496 e. The molecule has 4 heteroatoms. The molecule has 0 unspecified atom stereocenters. The van der Waals surface area contributed by atoms with Crippen LogP contribution in [0.4, 0.5) is 0 Å². The summed E-state index contributed by atoms with van der Waals surface area (Å²) in [6.07, 6.45) is 3.92. The fourth-order valence-electron chi connectivity index (χ4n) is 2.96. The lowest BCUT2D eigenvalue weighted by Gasteiger charge is -2.41. The van der Waals surface area contributed by atoms with E-state index in [0.717, 1.165) is 24.2 Å². The van der Waals surface area contributed by atoms with E-state index < -0.39 is 0 Å². The van der Waals surface area contributed by atoms with Crippen molar-refractivity contribution in [2.45, 2.75) is 39.2 Å². The molecule has 1 aliphatic rings. The van der Waals surface area contributed by atoms with E-state index in [9.17, 15) is 4.79 Å². The van der Waals surface area contributed by atoms with Crippen molar-refractivity contribution in [1.29, 1.82) is 0 Å². The van der Waals surface area contributed by atoms with E-state index in [2.05, 4.69) is 6.07 Å². The summed E-state index contributed by atoms with van der Waals surface area (Å²) in [5, 5.41) is 0. The second kappa shape index (κ2) is 6.48. The fourth-order valence-corrected chi connectivity index (χ4v) is 2.96. The Labute approximate surface area is 127 Å². The van der Waals surface area contributed by atoms with Crippen molar-refractivity contribution in [3.05, 3.63) is 29.3 Å². The van der Waals surface area contributed by atoms with Crippen molar-refractivity contribution in [3.8, 4) is 5.75 Å². The maximum absolute atomic E-state index is 12.4. The lowest BCUT2D eigenvalue weighted by molar-refractivity contribution is -0.134. The molecule has 1 amide bonds. The molecule has 2 rings (SSSR count). The van der Waals surface area contributed by atoms with Gasteiger partial charge in [0.2, 0.25) is 5.91 Å². The van der Waals surface area contributed by atoms with Crippen molar-refractivity contribution in [3.63, 3.8) is 0 Å². The van der Waals surface area contributed by atoms with Crippen LogP contribution in [0.1, 0.15) is 36.8 Å². The van der Waals surface area contributed by atoms with E-state index in [1.807, 2.05) is 26.1 Å². The topological polar surface area (TPSA) is 55.6 Å². The maximum atomic E-state index is 12.4. The first-order chi connectivity index (χ1) is 9.99. The predicted octanol–water partition coefficient (Wildman–Crippen LogP) is 2.48. The Kier molecular flexibility index (Phi) is 4.88. The first-order valence-electron chi connectivity index (χ1n) is 7.57. The van der Waals surface area contributed by atoms with E-state index in [4.69, 9.17) is 10.5 Å². The maximum Gasteiger partial charge on any atom is 0.223 e. The number of ether oxygens (including phenoxy) is 1. The number of nitrogens with zero attached hydrogens (tertiary/aromatic N) is 1. The SMILES string of the molecule is COc1ccc(C)cc1CN(C)C(=O)CC1(CN)CCC1. The Bertz CT molecular complexity index is 504. The first kappa shape index (κ1) is 15.8. The minimum absolute atomic E-state index is 0.0576. The van der Waals surface area contributed by atoms with Gasteiger partial charge in [0.1, 0.15) is 5.75 Å². The van der Waals surface area contributed by atoms with Gasteiger partial charge >= 0.3 is 0 Å². The number of amides is 1. The summed E-state index contributed by atoms with van der Waals surface area (Å²) in [7, 11) is 3.51.